The van der Waals surface area contributed by atoms with Gasteiger partial charge in [-0.1, -0.05) is 0 Å². The van der Waals surface area contributed by atoms with Crippen molar-refractivity contribution in [3.8, 4) is 0 Å². The zero-order chi connectivity index (χ0) is 24.8. The van der Waals surface area contributed by atoms with Gasteiger partial charge >= 0.3 is 12.1 Å². The fourth-order valence-corrected chi connectivity index (χ4v) is 3.49. The highest BCUT2D eigenvalue weighted by Crippen LogP contribution is 2.40. The Labute approximate surface area is 190 Å². The molecule has 3 heterocycles. The van der Waals surface area contributed by atoms with Gasteiger partial charge in [0.15, 0.2) is 5.82 Å². The number of nitrogens with zero attached hydrogens (tertiary/aromatic N) is 3. The van der Waals surface area contributed by atoms with Crippen LogP contribution in [0.15, 0.2) is 18.5 Å². The normalized spacial score (nSPS) is 25.8. The fraction of sp³-hybridized carbons (Fsp3) is 0.619. The number of aliphatic hydroxyl groups is 2. The predicted octanol–water partition coefficient (Wildman–Crippen LogP) is 0.921. The Kier molecular flexibility index (Phi) is 6.30. The minimum atomic E-state index is -1.60. The maximum atomic E-state index is 12.2. The summed E-state index contributed by atoms with van der Waals surface area (Å²) in [6.45, 7) is 8.95. The maximum absolute atomic E-state index is 12.2. The average Bonchev–Trinajstić information content (AvgIpc) is 3.22. The molecule has 4 atom stereocenters. The topological polar surface area (TPSA) is 168 Å². The minimum Gasteiger partial charge on any atom is -0.457 e. The molecule has 2 aromatic rings. The molecule has 1 fully saturated rings. The smallest absolute Gasteiger partial charge is 0.457 e. The van der Waals surface area contributed by atoms with Crippen molar-refractivity contribution in [2.24, 2.45) is 0 Å². The molecule has 0 bridgehead atoms. The molecule has 0 aliphatic carbocycles. The Morgan fingerprint density at radius 2 is 1.88 bits per heavy atom. The number of rotatable bonds is 5. The van der Waals surface area contributed by atoms with Gasteiger partial charge < -0.3 is 34.9 Å². The van der Waals surface area contributed by atoms with Gasteiger partial charge in [0.2, 0.25) is 5.60 Å². The highest BCUT2D eigenvalue weighted by Gasteiger charge is 2.54. The Hall–Kier alpha value is -2.96. The number of hydrogen-bond donors (Lipinski definition) is 3. The van der Waals surface area contributed by atoms with Gasteiger partial charge in [0.05, 0.1) is 5.69 Å². The molecule has 182 valence electrons. The third-order valence-electron chi connectivity index (χ3n) is 5.25. The summed E-state index contributed by atoms with van der Waals surface area (Å²) in [4.78, 5) is 28.4. The second-order valence-corrected chi connectivity index (χ2v) is 9.53. The fourth-order valence-electron chi connectivity index (χ4n) is 3.49. The zero-order valence-electron chi connectivity index (χ0n) is 19.4. The SMILES string of the molecule is CC(C)(C)OC(=O)C(C)(C)OC(=O)OC[C@H]1O[C@@](C)(c2ccc3c(N)ncnn23)[C@H](O)[C@@H]1O. The minimum absolute atomic E-state index is 0.239. The van der Waals surface area contributed by atoms with E-state index in [-0.39, 0.29) is 5.82 Å². The summed E-state index contributed by atoms with van der Waals surface area (Å²) in [6, 6.07) is 3.31. The number of esters is 1. The van der Waals surface area contributed by atoms with Gasteiger partial charge in [-0.15, -0.1) is 0 Å². The van der Waals surface area contributed by atoms with E-state index in [1.807, 2.05) is 0 Å². The van der Waals surface area contributed by atoms with Crippen LogP contribution in [-0.2, 0) is 29.3 Å². The Morgan fingerprint density at radius 1 is 1.21 bits per heavy atom. The van der Waals surface area contributed by atoms with E-state index in [1.54, 1.807) is 39.8 Å². The van der Waals surface area contributed by atoms with E-state index in [0.29, 0.717) is 11.2 Å². The van der Waals surface area contributed by atoms with Crippen LogP contribution < -0.4 is 5.73 Å². The number of anilines is 1. The van der Waals surface area contributed by atoms with Gasteiger partial charge in [0, 0.05) is 0 Å². The third-order valence-corrected chi connectivity index (χ3v) is 5.25. The van der Waals surface area contributed by atoms with Crippen molar-refractivity contribution in [1.82, 2.24) is 14.6 Å². The van der Waals surface area contributed by atoms with Crippen LogP contribution in [-0.4, -0.2) is 73.1 Å². The standard InChI is InChI=1S/C21H30N4O8/c1-19(2,3)32-17(28)20(4,5)33-18(29)30-9-12-14(26)15(27)21(6,31-12)13-8-7-11-16(22)23-10-24-25(11)13/h7-8,10,12,14-15,26-27H,9H2,1-6H3,(H2,22,23,24)/t12-,14-,15-,21+/m1/s1. The number of nitrogen functional groups attached to an aromatic ring is 1. The number of ether oxygens (including phenoxy) is 4. The lowest BCUT2D eigenvalue weighted by atomic mass is 9.93. The van der Waals surface area contributed by atoms with Crippen molar-refractivity contribution in [2.75, 3.05) is 12.3 Å². The lowest BCUT2D eigenvalue weighted by molar-refractivity contribution is -0.176. The molecule has 0 spiro atoms. The number of carbonyl (C=O) groups is 2. The summed E-state index contributed by atoms with van der Waals surface area (Å²) in [5.74, 6) is -0.503. The molecule has 1 aliphatic rings. The van der Waals surface area contributed by atoms with Gasteiger partial charge in [-0.25, -0.2) is 19.1 Å². The Balaban J connectivity index is 1.67. The van der Waals surface area contributed by atoms with Gasteiger partial charge in [-0.05, 0) is 53.7 Å². The van der Waals surface area contributed by atoms with Crippen LogP contribution in [0, 0.1) is 0 Å². The van der Waals surface area contributed by atoms with Crippen LogP contribution in [0.3, 0.4) is 0 Å². The third kappa shape index (κ3) is 4.87. The average molecular weight is 466 g/mol. The summed E-state index contributed by atoms with van der Waals surface area (Å²) in [5.41, 5.74) is 3.04. The number of nitrogens with two attached hydrogens (primary N) is 1. The quantitative estimate of drug-likeness (QED) is 0.536. The van der Waals surface area contributed by atoms with Crippen molar-refractivity contribution < 1.29 is 38.7 Å². The molecule has 0 aromatic carbocycles. The van der Waals surface area contributed by atoms with E-state index in [0.717, 1.165) is 0 Å². The van der Waals surface area contributed by atoms with E-state index >= 15 is 0 Å². The molecule has 3 rings (SSSR count). The summed E-state index contributed by atoms with van der Waals surface area (Å²) < 4.78 is 22.8. The molecule has 1 aliphatic heterocycles. The molecule has 0 radical (unpaired) electrons. The van der Waals surface area contributed by atoms with Gasteiger partial charge in [-0.3, -0.25) is 0 Å². The van der Waals surface area contributed by atoms with Crippen LogP contribution in [0.4, 0.5) is 10.6 Å². The van der Waals surface area contributed by atoms with Gasteiger partial charge in [0.25, 0.3) is 0 Å². The summed E-state index contributed by atoms with van der Waals surface area (Å²) in [6.07, 6.45) is -3.72. The van der Waals surface area contributed by atoms with Gasteiger partial charge in [0.1, 0.15) is 48.0 Å². The first-order valence-corrected chi connectivity index (χ1v) is 10.4. The highest BCUT2D eigenvalue weighted by atomic mass is 16.7. The van der Waals surface area contributed by atoms with Crippen LogP contribution in [0.2, 0.25) is 0 Å². The number of carbonyl (C=O) groups excluding carboxylic acids is 2. The van der Waals surface area contributed by atoms with Gasteiger partial charge in [-0.2, -0.15) is 5.10 Å². The number of fused-ring (bicyclic) bond motifs is 1. The summed E-state index contributed by atoms with van der Waals surface area (Å²) >= 11 is 0. The molecule has 2 aromatic heterocycles. The van der Waals surface area contributed by atoms with Crippen LogP contribution in [0.25, 0.3) is 5.52 Å². The molecule has 1 saturated heterocycles. The predicted molar refractivity (Wildman–Crippen MR) is 114 cm³/mol. The molecule has 12 nitrogen and oxygen atoms in total. The van der Waals surface area contributed by atoms with Crippen LogP contribution >= 0.6 is 0 Å². The van der Waals surface area contributed by atoms with Crippen molar-refractivity contribution in [2.45, 2.75) is 76.7 Å². The Morgan fingerprint density at radius 3 is 2.52 bits per heavy atom. The van der Waals surface area contributed by atoms with E-state index in [1.165, 1.54) is 24.7 Å². The van der Waals surface area contributed by atoms with Crippen LogP contribution in [0.1, 0.15) is 47.2 Å². The molecule has 0 unspecified atom stereocenters. The number of hydrogen-bond acceptors (Lipinski definition) is 11. The number of aromatic nitrogens is 3. The molecule has 0 saturated carbocycles. The second kappa shape index (κ2) is 8.43. The highest BCUT2D eigenvalue weighted by molar-refractivity contribution is 5.81. The first-order valence-electron chi connectivity index (χ1n) is 10.4. The van der Waals surface area contributed by atoms with Crippen molar-refractivity contribution in [3.05, 3.63) is 24.2 Å². The molecular formula is C21H30N4O8. The van der Waals surface area contributed by atoms with Crippen molar-refractivity contribution in [3.63, 3.8) is 0 Å². The molecule has 4 N–H and O–H groups in total. The monoisotopic (exact) mass is 466 g/mol. The lowest BCUT2D eigenvalue weighted by Crippen LogP contribution is -2.43. The molecular weight excluding hydrogens is 436 g/mol. The van der Waals surface area contributed by atoms with Crippen molar-refractivity contribution in [1.29, 1.82) is 0 Å². The first-order chi connectivity index (χ1) is 15.2. The number of aliphatic hydroxyl groups excluding tert-OH is 2. The van der Waals surface area contributed by atoms with E-state index in [2.05, 4.69) is 10.1 Å². The summed E-state index contributed by atoms with van der Waals surface area (Å²) in [5, 5.41) is 25.4. The van der Waals surface area contributed by atoms with E-state index in [4.69, 9.17) is 24.7 Å². The summed E-state index contributed by atoms with van der Waals surface area (Å²) in [7, 11) is 0. The molecule has 0 amide bonds. The first kappa shape index (κ1) is 24.7. The van der Waals surface area contributed by atoms with Crippen molar-refractivity contribution >= 4 is 23.5 Å². The Bertz CT molecular complexity index is 1050. The second-order valence-electron chi connectivity index (χ2n) is 9.53. The van der Waals surface area contributed by atoms with E-state index < -0.39 is 53.8 Å². The maximum Gasteiger partial charge on any atom is 0.509 e. The molecule has 33 heavy (non-hydrogen) atoms. The largest absolute Gasteiger partial charge is 0.509 e. The van der Waals surface area contributed by atoms with E-state index in [9.17, 15) is 19.8 Å². The lowest BCUT2D eigenvalue weighted by Gasteiger charge is -2.28. The molecule has 12 heteroatoms. The zero-order valence-corrected chi connectivity index (χ0v) is 19.4. The van der Waals surface area contributed by atoms with Crippen LogP contribution in [0.5, 0.6) is 0 Å².